The van der Waals surface area contributed by atoms with Crippen molar-refractivity contribution in [1.29, 1.82) is 0 Å². The Morgan fingerprint density at radius 3 is 2.44 bits per heavy atom. The Morgan fingerprint density at radius 1 is 1.50 bits per heavy atom. The molecule has 0 amide bonds. The molecule has 6 heteroatoms. The Hall–Kier alpha value is -0.880. The summed E-state index contributed by atoms with van der Waals surface area (Å²) >= 11 is 0. The average Bonchev–Trinajstić information content (AvgIpc) is 2.21. The number of carbonyl (C=O) groups excluding carboxylic acids is 1. The highest BCUT2D eigenvalue weighted by Gasteiger charge is 2.36. The van der Waals surface area contributed by atoms with E-state index in [1.54, 1.807) is 6.08 Å². The molecule has 0 unspecified atom stereocenters. The number of ether oxygens (including phenoxy) is 1. The SMILES string of the molecule is C=CCC[C@@](C)(CCC(=O)OC)S(N)(=O)=O. The monoisotopic (exact) mass is 249 g/mol. The highest BCUT2D eigenvalue weighted by molar-refractivity contribution is 7.90. The van der Waals surface area contributed by atoms with Gasteiger partial charge in [-0.05, 0) is 26.2 Å². The lowest BCUT2D eigenvalue weighted by molar-refractivity contribution is -0.140. The Kier molecular flexibility index (Phi) is 5.67. The summed E-state index contributed by atoms with van der Waals surface area (Å²) in [7, 11) is -2.43. The fourth-order valence-electron chi connectivity index (χ4n) is 1.29. The second-order valence-electron chi connectivity index (χ2n) is 3.90. The molecule has 0 spiro atoms. The first-order valence-corrected chi connectivity index (χ1v) is 6.51. The van der Waals surface area contributed by atoms with Crippen LogP contribution in [-0.4, -0.2) is 26.2 Å². The van der Waals surface area contributed by atoms with Crippen LogP contribution in [0.5, 0.6) is 0 Å². The van der Waals surface area contributed by atoms with Crippen molar-refractivity contribution >= 4 is 16.0 Å². The fourth-order valence-corrected chi connectivity index (χ4v) is 2.07. The van der Waals surface area contributed by atoms with Crippen molar-refractivity contribution in [3.05, 3.63) is 12.7 Å². The molecular weight excluding hydrogens is 230 g/mol. The zero-order chi connectivity index (χ0) is 12.8. The molecule has 16 heavy (non-hydrogen) atoms. The normalized spacial score (nSPS) is 15.2. The molecule has 0 saturated carbocycles. The van der Waals surface area contributed by atoms with Crippen LogP contribution in [0.15, 0.2) is 12.7 Å². The molecular formula is C10H19NO4S. The number of hydrogen-bond acceptors (Lipinski definition) is 4. The number of allylic oxidation sites excluding steroid dienone is 1. The minimum Gasteiger partial charge on any atom is -0.469 e. The molecule has 0 aliphatic heterocycles. The molecule has 0 heterocycles. The molecule has 0 aromatic heterocycles. The van der Waals surface area contributed by atoms with Crippen molar-refractivity contribution in [2.75, 3.05) is 7.11 Å². The van der Waals surface area contributed by atoms with Gasteiger partial charge in [0.15, 0.2) is 0 Å². The maximum atomic E-state index is 11.5. The Bertz CT molecular complexity index is 350. The third-order valence-electron chi connectivity index (χ3n) is 2.65. The lowest BCUT2D eigenvalue weighted by Gasteiger charge is -2.26. The fraction of sp³-hybridized carbons (Fsp3) is 0.700. The lowest BCUT2D eigenvalue weighted by Crippen LogP contribution is -2.41. The largest absolute Gasteiger partial charge is 0.469 e. The molecule has 2 N–H and O–H groups in total. The molecule has 94 valence electrons. The van der Waals surface area contributed by atoms with Crippen LogP contribution in [0.4, 0.5) is 0 Å². The lowest BCUT2D eigenvalue weighted by atomic mass is 9.98. The van der Waals surface area contributed by atoms with Crippen LogP contribution >= 0.6 is 0 Å². The topological polar surface area (TPSA) is 86.5 Å². The van der Waals surface area contributed by atoms with E-state index in [0.29, 0.717) is 12.8 Å². The number of nitrogens with two attached hydrogens (primary N) is 1. The van der Waals surface area contributed by atoms with Crippen LogP contribution in [0.2, 0.25) is 0 Å². The molecule has 0 radical (unpaired) electrons. The number of rotatable bonds is 7. The summed E-state index contributed by atoms with van der Waals surface area (Å²) in [6.45, 7) is 5.07. The van der Waals surface area contributed by atoms with Gasteiger partial charge < -0.3 is 4.74 Å². The minimum atomic E-state index is -3.70. The number of hydrogen-bond donors (Lipinski definition) is 1. The summed E-state index contributed by atoms with van der Waals surface area (Å²) in [5.41, 5.74) is 0. The molecule has 0 rings (SSSR count). The van der Waals surface area contributed by atoms with E-state index >= 15 is 0 Å². The molecule has 0 fully saturated rings. The van der Waals surface area contributed by atoms with Crippen LogP contribution < -0.4 is 5.14 Å². The maximum absolute atomic E-state index is 11.5. The number of esters is 1. The Labute approximate surface area is 96.7 Å². The first kappa shape index (κ1) is 15.1. The zero-order valence-corrected chi connectivity index (χ0v) is 10.5. The molecule has 0 bridgehead atoms. The van der Waals surface area contributed by atoms with Crippen molar-refractivity contribution in [2.45, 2.75) is 37.4 Å². The molecule has 0 aromatic carbocycles. The van der Waals surface area contributed by atoms with E-state index in [2.05, 4.69) is 11.3 Å². The molecule has 5 nitrogen and oxygen atoms in total. The van der Waals surface area contributed by atoms with Crippen molar-refractivity contribution in [3.8, 4) is 0 Å². The third-order valence-corrected chi connectivity index (χ3v) is 4.43. The molecule has 0 aliphatic rings. The van der Waals surface area contributed by atoms with E-state index in [1.165, 1.54) is 14.0 Å². The van der Waals surface area contributed by atoms with Gasteiger partial charge in [-0.25, -0.2) is 13.6 Å². The molecule has 1 atom stereocenters. The van der Waals surface area contributed by atoms with Gasteiger partial charge in [-0.15, -0.1) is 6.58 Å². The van der Waals surface area contributed by atoms with Gasteiger partial charge in [0.2, 0.25) is 10.0 Å². The Morgan fingerprint density at radius 2 is 2.06 bits per heavy atom. The van der Waals surface area contributed by atoms with E-state index in [-0.39, 0.29) is 12.8 Å². The van der Waals surface area contributed by atoms with Gasteiger partial charge in [0.1, 0.15) is 0 Å². The summed E-state index contributed by atoms with van der Waals surface area (Å²) < 4.78 is 26.3. The van der Waals surface area contributed by atoms with Gasteiger partial charge in [0, 0.05) is 6.42 Å². The van der Waals surface area contributed by atoms with Gasteiger partial charge in [-0.1, -0.05) is 6.08 Å². The standard InChI is InChI=1S/C10H19NO4S/c1-4-5-7-10(2,16(11,13)14)8-6-9(12)15-3/h4H,1,5-8H2,2-3H3,(H2,11,13,14)/t10-/m0/s1. The maximum Gasteiger partial charge on any atom is 0.305 e. The van der Waals surface area contributed by atoms with E-state index in [4.69, 9.17) is 5.14 Å². The van der Waals surface area contributed by atoms with Gasteiger partial charge in [-0.3, -0.25) is 4.79 Å². The van der Waals surface area contributed by atoms with Gasteiger partial charge in [-0.2, -0.15) is 0 Å². The van der Waals surface area contributed by atoms with Crippen LogP contribution in [0.3, 0.4) is 0 Å². The summed E-state index contributed by atoms with van der Waals surface area (Å²) in [5, 5.41) is 5.17. The predicted molar refractivity (Wildman–Crippen MR) is 62.2 cm³/mol. The smallest absolute Gasteiger partial charge is 0.305 e. The van der Waals surface area contributed by atoms with E-state index in [0.717, 1.165) is 0 Å². The van der Waals surface area contributed by atoms with Crippen LogP contribution in [-0.2, 0) is 19.6 Å². The van der Waals surface area contributed by atoms with Crippen molar-refractivity contribution in [3.63, 3.8) is 0 Å². The third kappa shape index (κ3) is 4.32. The van der Waals surface area contributed by atoms with Crippen LogP contribution in [0.1, 0.15) is 32.6 Å². The van der Waals surface area contributed by atoms with Crippen molar-refractivity contribution < 1.29 is 17.9 Å². The molecule has 0 saturated heterocycles. The van der Waals surface area contributed by atoms with Crippen LogP contribution in [0.25, 0.3) is 0 Å². The zero-order valence-electron chi connectivity index (χ0n) is 9.73. The summed E-state index contributed by atoms with van der Waals surface area (Å²) in [6.07, 6.45) is 2.72. The van der Waals surface area contributed by atoms with Gasteiger partial charge in [0.05, 0.1) is 11.9 Å². The minimum absolute atomic E-state index is 0.0422. The van der Waals surface area contributed by atoms with Gasteiger partial charge >= 0.3 is 5.97 Å². The second-order valence-corrected chi connectivity index (χ2v) is 5.97. The summed E-state index contributed by atoms with van der Waals surface area (Å²) in [5.74, 6) is -0.437. The van der Waals surface area contributed by atoms with E-state index in [1.807, 2.05) is 0 Å². The molecule has 0 aromatic rings. The number of primary sulfonamides is 1. The highest BCUT2D eigenvalue weighted by atomic mass is 32.2. The number of carbonyl (C=O) groups is 1. The number of sulfonamides is 1. The highest BCUT2D eigenvalue weighted by Crippen LogP contribution is 2.27. The Balaban J connectivity index is 4.68. The molecule has 0 aliphatic carbocycles. The van der Waals surface area contributed by atoms with E-state index < -0.39 is 20.7 Å². The van der Waals surface area contributed by atoms with Crippen LogP contribution in [0, 0.1) is 0 Å². The average molecular weight is 249 g/mol. The first-order chi connectivity index (χ1) is 7.27. The summed E-state index contributed by atoms with van der Waals surface area (Å²) in [6, 6.07) is 0. The predicted octanol–water partition coefficient (Wildman–Crippen LogP) is 0.953. The second kappa shape index (κ2) is 6.00. The van der Waals surface area contributed by atoms with E-state index in [9.17, 15) is 13.2 Å². The first-order valence-electron chi connectivity index (χ1n) is 4.97. The number of methoxy groups -OCH3 is 1. The van der Waals surface area contributed by atoms with Crippen molar-refractivity contribution in [1.82, 2.24) is 0 Å². The van der Waals surface area contributed by atoms with Gasteiger partial charge in [0.25, 0.3) is 0 Å². The van der Waals surface area contributed by atoms with Crippen molar-refractivity contribution in [2.24, 2.45) is 5.14 Å². The quantitative estimate of drug-likeness (QED) is 0.537. The summed E-state index contributed by atoms with van der Waals surface area (Å²) in [4.78, 5) is 11.0.